The Morgan fingerprint density at radius 2 is 2.46 bits per heavy atom. The lowest BCUT2D eigenvalue weighted by Gasteiger charge is -2.01. The second-order valence-corrected chi connectivity index (χ2v) is 4.12. The van der Waals surface area contributed by atoms with Gasteiger partial charge < -0.3 is 10.3 Å². The van der Waals surface area contributed by atoms with Gasteiger partial charge in [-0.2, -0.15) is 0 Å². The molecule has 0 bridgehead atoms. The summed E-state index contributed by atoms with van der Waals surface area (Å²) in [7, 11) is 0. The highest BCUT2D eigenvalue weighted by Gasteiger charge is 2.05. The molecule has 0 unspecified atom stereocenters. The highest BCUT2D eigenvalue weighted by atomic mass is 127. The molecule has 70 valence electrons. The quantitative estimate of drug-likeness (QED) is 0.648. The van der Waals surface area contributed by atoms with Crippen LogP contribution in [0.4, 0.5) is 0 Å². The lowest BCUT2D eigenvalue weighted by molar-refractivity contribution is 0.0952. The Morgan fingerprint density at radius 3 is 2.92 bits per heavy atom. The molecule has 0 aromatic carbocycles. The standard InChI is InChI=1S/C9H11IN2O/c1-6(2)4-12-9(13)8-3-7(10)5-11-8/h3,5,11H,1,4H2,2H3,(H,12,13). The number of amides is 1. The first-order valence-corrected chi connectivity index (χ1v) is 4.94. The summed E-state index contributed by atoms with van der Waals surface area (Å²) in [5.41, 5.74) is 1.53. The molecule has 1 aromatic heterocycles. The van der Waals surface area contributed by atoms with E-state index in [0.29, 0.717) is 12.2 Å². The van der Waals surface area contributed by atoms with Crippen LogP contribution in [0.3, 0.4) is 0 Å². The van der Waals surface area contributed by atoms with Gasteiger partial charge in [0.15, 0.2) is 0 Å². The van der Waals surface area contributed by atoms with Crippen LogP contribution in [0.2, 0.25) is 0 Å². The average Bonchev–Trinajstić information content (AvgIpc) is 2.47. The van der Waals surface area contributed by atoms with Crippen LogP contribution in [0.1, 0.15) is 17.4 Å². The Labute approximate surface area is 90.7 Å². The molecule has 3 nitrogen and oxygen atoms in total. The van der Waals surface area contributed by atoms with E-state index in [2.05, 4.69) is 39.5 Å². The summed E-state index contributed by atoms with van der Waals surface area (Å²) in [6.45, 7) is 6.10. The van der Waals surface area contributed by atoms with Crippen LogP contribution in [0.25, 0.3) is 0 Å². The molecule has 1 rings (SSSR count). The number of H-pyrrole nitrogens is 1. The first-order chi connectivity index (χ1) is 6.09. The fourth-order valence-electron chi connectivity index (χ4n) is 0.825. The van der Waals surface area contributed by atoms with E-state index in [9.17, 15) is 4.79 Å². The van der Waals surface area contributed by atoms with Gasteiger partial charge in [0.2, 0.25) is 0 Å². The minimum absolute atomic E-state index is 0.0917. The van der Waals surface area contributed by atoms with E-state index in [1.165, 1.54) is 0 Å². The summed E-state index contributed by atoms with van der Waals surface area (Å²) in [5, 5.41) is 2.74. The Balaban J connectivity index is 2.54. The third-order valence-corrected chi connectivity index (χ3v) is 2.07. The molecule has 1 aromatic rings. The number of carbonyl (C=O) groups excluding carboxylic acids is 1. The van der Waals surface area contributed by atoms with Crippen molar-refractivity contribution in [2.45, 2.75) is 6.92 Å². The summed E-state index contributed by atoms with van der Waals surface area (Å²) in [6, 6.07) is 1.80. The van der Waals surface area contributed by atoms with Crippen LogP contribution >= 0.6 is 22.6 Å². The van der Waals surface area contributed by atoms with Crippen molar-refractivity contribution >= 4 is 28.5 Å². The number of hydrogen-bond donors (Lipinski definition) is 2. The molecule has 0 fully saturated rings. The Hall–Kier alpha value is -0.780. The fraction of sp³-hybridized carbons (Fsp3) is 0.222. The molecule has 2 N–H and O–H groups in total. The van der Waals surface area contributed by atoms with Crippen molar-refractivity contribution < 1.29 is 4.79 Å². The van der Waals surface area contributed by atoms with Crippen molar-refractivity contribution in [3.05, 3.63) is 33.7 Å². The van der Waals surface area contributed by atoms with E-state index in [4.69, 9.17) is 0 Å². The Bertz CT molecular complexity index is 330. The molecule has 0 spiro atoms. The zero-order valence-corrected chi connectivity index (χ0v) is 9.51. The summed E-state index contributed by atoms with van der Waals surface area (Å²) < 4.78 is 1.03. The molecule has 0 radical (unpaired) electrons. The van der Waals surface area contributed by atoms with Crippen molar-refractivity contribution in [2.75, 3.05) is 6.54 Å². The maximum absolute atomic E-state index is 11.4. The van der Waals surface area contributed by atoms with Crippen LogP contribution < -0.4 is 5.32 Å². The number of carbonyl (C=O) groups is 1. The molecule has 0 aliphatic rings. The summed E-state index contributed by atoms with van der Waals surface area (Å²) >= 11 is 2.15. The molecule has 1 heterocycles. The molecule has 0 atom stereocenters. The second-order valence-electron chi connectivity index (χ2n) is 2.87. The maximum Gasteiger partial charge on any atom is 0.267 e. The molecule has 0 aliphatic heterocycles. The number of hydrogen-bond acceptors (Lipinski definition) is 1. The van der Waals surface area contributed by atoms with E-state index in [0.717, 1.165) is 9.14 Å². The molecule has 4 heteroatoms. The van der Waals surface area contributed by atoms with Gasteiger partial charge in [0, 0.05) is 16.3 Å². The highest BCUT2D eigenvalue weighted by Crippen LogP contribution is 2.05. The van der Waals surface area contributed by atoms with Crippen LogP contribution in [-0.4, -0.2) is 17.4 Å². The smallest absolute Gasteiger partial charge is 0.267 e. The lowest BCUT2D eigenvalue weighted by atomic mass is 10.3. The van der Waals surface area contributed by atoms with Gasteiger partial charge in [0.05, 0.1) is 0 Å². The first kappa shape index (κ1) is 10.3. The first-order valence-electron chi connectivity index (χ1n) is 3.86. The van der Waals surface area contributed by atoms with Gasteiger partial charge >= 0.3 is 0 Å². The Kier molecular flexibility index (Phi) is 3.53. The average molecular weight is 290 g/mol. The van der Waals surface area contributed by atoms with Gasteiger partial charge in [-0.15, -0.1) is 0 Å². The summed E-state index contributed by atoms with van der Waals surface area (Å²) in [6.07, 6.45) is 1.79. The number of halogens is 1. The SMILES string of the molecule is C=C(C)CNC(=O)c1cc(I)c[nH]1. The molecular weight excluding hydrogens is 279 g/mol. The van der Waals surface area contributed by atoms with Crippen molar-refractivity contribution in [1.82, 2.24) is 10.3 Å². The van der Waals surface area contributed by atoms with E-state index < -0.39 is 0 Å². The van der Waals surface area contributed by atoms with Gasteiger partial charge in [-0.3, -0.25) is 4.79 Å². The van der Waals surface area contributed by atoms with E-state index in [1.807, 2.05) is 6.92 Å². The number of aromatic amines is 1. The van der Waals surface area contributed by atoms with E-state index in [-0.39, 0.29) is 5.91 Å². The molecule has 0 saturated heterocycles. The largest absolute Gasteiger partial charge is 0.356 e. The van der Waals surface area contributed by atoms with Gasteiger partial charge in [-0.25, -0.2) is 0 Å². The number of rotatable bonds is 3. The van der Waals surface area contributed by atoms with Crippen molar-refractivity contribution in [3.63, 3.8) is 0 Å². The monoisotopic (exact) mass is 290 g/mol. The zero-order chi connectivity index (χ0) is 9.84. The minimum atomic E-state index is -0.0917. The van der Waals surface area contributed by atoms with Crippen LogP contribution in [-0.2, 0) is 0 Å². The topological polar surface area (TPSA) is 44.9 Å². The molecular formula is C9H11IN2O. The molecule has 1 amide bonds. The van der Waals surface area contributed by atoms with Crippen molar-refractivity contribution in [3.8, 4) is 0 Å². The summed E-state index contributed by atoms with van der Waals surface area (Å²) in [4.78, 5) is 14.3. The van der Waals surface area contributed by atoms with E-state index in [1.54, 1.807) is 12.3 Å². The second kappa shape index (κ2) is 4.45. The number of nitrogens with one attached hydrogen (secondary N) is 2. The molecule has 0 aliphatic carbocycles. The lowest BCUT2D eigenvalue weighted by Crippen LogP contribution is -2.25. The van der Waals surface area contributed by atoms with Gasteiger partial charge in [0.1, 0.15) is 5.69 Å². The third-order valence-electron chi connectivity index (χ3n) is 1.44. The van der Waals surface area contributed by atoms with Gasteiger partial charge in [0.25, 0.3) is 5.91 Å². The van der Waals surface area contributed by atoms with E-state index >= 15 is 0 Å². The zero-order valence-electron chi connectivity index (χ0n) is 7.36. The molecule has 0 saturated carbocycles. The van der Waals surface area contributed by atoms with Crippen LogP contribution in [0.15, 0.2) is 24.4 Å². The number of aromatic nitrogens is 1. The third kappa shape index (κ3) is 3.22. The summed E-state index contributed by atoms with van der Waals surface area (Å²) in [5.74, 6) is -0.0917. The van der Waals surface area contributed by atoms with Crippen LogP contribution in [0.5, 0.6) is 0 Å². The highest BCUT2D eigenvalue weighted by molar-refractivity contribution is 14.1. The fourth-order valence-corrected chi connectivity index (χ4v) is 1.29. The normalized spacial score (nSPS) is 9.69. The van der Waals surface area contributed by atoms with Crippen LogP contribution in [0, 0.1) is 3.57 Å². The van der Waals surface area contributed by atoms with Crippen molar-refractivity contribution in [1.29, 1.82) is 0 Å². The Morgan fingerprint density at radius 1 is 1.77 bits per heavy atom. The maximum atomic E-state index is 11.4. The predicted molar refractivity (Wildman–Crippen MR) is 60.7 cm³/mol. The van der Waals surface area contributed by atoms with Gasteiger partial charge in [-0.05, 0) is 35.6 Å². The predicted octanol–water partition coefficient (Wildman–Crippen LogP) is 1.93. The minimum Gasteiger partial charge on any atom is -0.356 e. The molecule has 13 heavy (non-hydrogen) atoms. The van der Waals surface area contributed by atoms with Crippen molar-refractivity contribution in [2.24, 2.45) is 0 Å². The van der Waals surface area contributed by atoms with Gasteiger partial charge in [-0.1, -0.05) is 12.2 Å².